The molecule has 328 valence electrons. The number of likely N-dealkylation sites (N-methyl/N-ethyl adjacent to an activating group) is 1. The molecule has 0 rings (SSSR count). The van der Waals surface area contributed by atoms with Gasteiger partial charge in [-0.25, -0.2) is 4.79 Å². The first-order chi connectivity index (χ1) is 27.1. The van der Waals surface area contributed by atoms with Gasteiger partial charge in [0.2, 0.25) is 0 Å². The Kier molecular flexibility index (Phi) is 38.1. The number of aliphatic carboxylic acids is 1. The Hall–Kier alpha value is -2.19. The Morgan fingerprint density at radius 2 is 0.946 bits per heavy atom. The highest BCUT2D eigenvalue weighted by molar-refractivity contribution is 5.72. The lowest BCUT2D eigenvalue weighted by Gasteiger charge is -2.31. The standard InChI is InChI=1S/C48H89NO7/c1-6-8-10-12-14-16-18-20-22-24-26-28-30-32-34-36-38-46(50)55-43-44(42-54-41-40-45(48(52)53)49(3,4)5)56-47(51)39-37-35-33-31-29-27-25-23-21-19-17-15-13-11-9-7-2/h17,19,23,25,44-45H,6-16,18,20-22,24,26-43H2,1-5H3/p+1/b19-17-,25-23-. The Morgan fingerprint density at radius 1 is 0.536 bits per heavy atom. The molecular weight excluding hydrogens is 703 g/mol. The van der Waals surface area contributed by atoms with Crippen LogP contribution in [-0.4, -0.2) is 80.6 Å². The van der Waals surface area contributed by atoms with Crippen LogP contribution in [0.1, 0.15) is 213 Å². The summed E-state index contributed by atoms with van der Waals surface area (Å²) in [4.78, 5) is 37.0. The molecule has 0 amide bonds. The van der Waals surface area contributed by atoms with Crippen LogP contribution in [0.25, 0.3) is 0 Å². The molecule has 0 saturated carbocycles. The van der Waals surface area contributed by atoms with Crippen LogP contribution in [0.2, 0.25) is 0 Å². The number of hydrogen-bond donors (Lipinski definition) is 1. The molecule has 0 radical (unpaired) electrons. The SMILES string of the molecule is CCCCCC/C=C\C/C=C\CCCCCCCC(=O)OC(COCCC(C(=O)O)[N+](C)(C)C)COC(=O)CCCCCCCCCCCCCCCCCC. The quantitative estimate of drug-likeness (QED) is 0.0284. The van der Waals surface area contributed by atoms with Gasteiger partial charge in [0.25, 0.3) is 0 Å². The predicted molar refractivity (Wildman–Crippen MR) is 234 cm³/mol. The average Bonchev–Trinajstić information content (AvgIpc) is 3.15. The molecule has 8 heteroatoms. The summed E-state index contributed by atoms with van der Waals surface area (Å²) < 4.78 is 17.3. The van der Waals surface area contributed by atoms with Gasteiger partial charge in [-0.05, 0) is 44.9 Å². The van der Waals surface area contributed by atoms with E-state index in [1.165, 1.54) is 116 Å². The van der Waals surface area contributed by atoms with Crippen LogP contribution >= 0.6 is 0 Å². The molecule has 0 aromatic rings. The van der Waals surface area contributed by atoms with E-state index in [0.29, 0.717) is 19.3 Å². The van der Waals surface area contributed by atoms with E-state index in [2.05, 4.69) is 38.2 Å². The second-order valence-corrected chi connectivity index (χ2v) is 17.0. The molecular formula is C48H90NO7+. The molecule has 1 N–H and O–H groups in total. The van der Waals surface area contributed by atoms with E-state index < -0.39 is 18.1 Å². The van der Waals surface area contributed by atoms with Crippen molar-refractivity contribution in [3.63, 3.8) is 0 Å². The highest BCUT2D eigenvalue weighted by atomic mass is 16.6. The summed E-state index contributed by atoms with van der Waals surface area (Å²) in [5, 5.41) is 9.63. The number of nitrogens with zero attached hydrogens (tertiary/aromatic N) is 1. The van der Waals surface area contributed by atoms with Gasteiger partial charge >= 0.3 is 17.9 Å². The van der Waals surface area contributed by atoms with Gasteiger partial charge in [-0.15, -0.1) is 0 Å². The number of allylic oxidation sites excluding steroid dienone is 4. The fraction of sp³-hybridized carbons (Fsp3) is 0.854. The molecule has 56 heavy (non-hydrogen) atoms. The number of carbonyl (C=O) groups excluding carboxylic acids is 2. The number of quaternary nitrogens is 1. The molecule has 0 saturated heterocycles. The number of unbranched alkanes of at least 4 members (excludes halogenated alkanes) is 24. The molecule has 0 fully saturated rings. The van der Waals surface area contributed by atoms with Crippen molar-refractivity contribution in [1.29, 1.82) is 0 Å². The summed E-state index contributed by atoms with van der Waals surface area (Å²) in [6, 6.07) is -0.614. The minimum atomic E-state index is -0.875. The maximum atomic E-state index is 12.7. The molecule has 0 heterocycles. The Labute approximate surface area is 345 Å². The maximum Gasteiger partial charge on any atom is 0.362 e. The molecule has 0 aromatic carbocycles. The van der Waals surface area contributed by atoms with Crippen molar-refractivity contribution in [3.8, 4) is 0 Å². The fourth-order valence-corrected chi connectivity index (χ4v) is 6.95. The smallest absolute Gasteiger partial charge is 0.362 e. The molecule has 0 aliphatic heterocycles. The van der Waals surface area contributed by atoms with E-state index in [9.17, 15) is 19.5 Å². The first-order valence-electron chi connectivity index (χ1n) is 23.4. The van der Waals surface area contributed by atoms with Crippen LogP contribution in [-0.2, 0) is 28.6 Å². The second kappa shape index (κ2) is 39.6. The lowest BCUT2D eigenvalue weighted by Crippen LogP contribution is -2.50. The first kappa shape index (κ1) is 53.8. The molecule has 2 unspecified atom stereocenters. The van der Waals surface area contributed by atoms with E-state index >= 15 is 0 Å². The van der Waals surface area contributed by atoms with Crippen LogP contribution in [0, 0.1) is 0 Å². The number of rotatable bonds is 42. The molecule has 0 bridgehead atoms. The Bertz CT molecular complexity index is 973. The largest absolute Gasteiger partial charge is 0.477 e. The van der Waals surface area contributed by atoms with E-state index in [4.69, 9.17) is 14.2 Å². The molecule has 2 atom stereocenters. The van der Waals surface area contributed by atoms with Crippen LogP contribution in [0.3, 0.4) is 0 Å². The van der Waals surface area contributed by atoms with Crippen LogP contribution in [0.5, 0.6) is 0 Å². The number of hydrogen-bond acceptors (Lipinski definition) is 6. The van der Waals surface area contributed by atoms with Crippen LogP contribution in [0.15, 0.2) is 24.3 Å². The maximum absolute atomic E-state index is 12.7. The summed E-state index contributed by atoms with van der Waals surface area (Å²) >= 11 is 0. The van der Waals surface area contributed by atoms with Crippen molar-refractivity contribution in [2.75, 3.05) is 41.0 Å². The van der Waals surface area contributed by atoms with E-state index in [1.54, 1.807) is 0 Å². The van der Waals surface area contributed by atoms with Crippen molar-refractivity contribution in [2.24, 2.45) is 0 Å². The minimum absolute atomic E-state index is 0.0522. The number of carbonyl (C=O) groups is 3. The number of carboxylic acid groups (broad SMARTS) is 1. The lowest BCUT2D eigenvalue weighted by molar-refractivity contribution is -0.887. The van der Waals surface area contributed by atoms with Gasteiger partial charge in [0.15, 0.2) is 12.1 Å². The summed E-state index contributed by atoms with van der Waals surface area (Å²) in [6.07, 6.45) is 43.6. The zero-order valence-electron chi connectivity index (χ0n) is 37.3. The van der Waals surface area contributed by atoms with Crippen LogP contribution in [0.4, 0.5) is 0 Å². The minimum Gasteiger partial charge on any atom is -0.477 e. The van der Waals surface area contributed by atoms with Gasteiger partial charge in [0.05, 0.1) is 34.4 Å². The van der Waals surface area contributed by atoms with Crippen molar-refractivity contribution in [3.05, 3.63) is 24.3 Å². The van der Waals surface area contributed by atoms with Crippen molar-refractivity contribution >= 4 is 17.9 Å². The summed E-state index contributed by atoms with van der Waals surface area (Å²) in [5.41, 5.74) is 0. The zero-order chi connectivity index (χ0) is 41.4. The van der Waals surface area contributed by atoms with Crippen molar-refractivity contribution in [1.82, 2.24) is 0 Å². The molecule has 0 aromatic heterocycles. The van der Waals surface area contributed by atoms with Gasteiger partial charge in [-0.3, -0.25) is 9.59 Å². The van der Waals surface area contributed by atoms with Crippen molar-refractivity contribution in [2.45, 2.75) is 225 Å². The highest BCUT2D eigenvalue weighted by Crippen LogP contribution is 2.15. The van der Waals surface area contributed by atoms with E-state index in [0.717, 1.165) is 64.2 Å². The summed E-state index contributed by atoms with van der Waals surface area (Å²) in [6.45, 7) is 4.73. The first-order valence-corrected chi connectivity index (χ1v) is 23.4. The van der Waals surface area contributed by atoms with E-state index in [1.807, 2.05) is 21.1 Å². The van der Waals surface area contributed by atoms with Gasteiger partial charge in [-0.2, -0.15) is 0 Å². The number of ether oxygens (including phenoxy) is 3. The van der Waals surface area contributed by atoms with Gasteiger partial charge in [0, 0.05) is 19.3 Å². The molecule has 0 aliphatic rings. The molecule has 0 spiro atoms. The lowest BCUT2D eigenvalue weighted by atomic mass is 10.0. The normalized spacial score (nSPS) is 13.1. The van der Waals surface area contributed by atoms with Crippen molar-refractivity contribution < 1.29 is 38.2 Å². The van der Waals surface area contributed by atoms with Gasteiger partial charge < -0.3 is 23.8 Å². The third-order valence-electron chi connectivity index (χ3n) is 10.6. The van der Waals surface area contributed by atoms with E-state index in [-0.39, 0.29) is 36.2 Å². The van der Waals surface area contributed by atoms with Crippen LogP contribution < -0.4 is 0 Å². The zero-order valence-corrected chi connectivity index (χ0v) is 37.3. The predicted octanol–water partition coefficient (Wildman–Crippen LogP) is 12.9. The Balaban J connectivity index is 4.31. The third-order valence-corrected chi connectivity index (χ3v) is 10.6. The Morgan fingerprint density at radius 3 is 1.39 bits per heavy atom. The fourth-order valence-electron chi connectivity index (χ4n) is 6.95. The summed E-state index contributed by atoms with van der Waals surface area (Å²) in [7, 11) is 5.53. The average molecular weight is 793 g/mol. The highest BCUT2D eigenvalue weighted by Gasteiger charge is 2.31. The summed E-state index contributed by atoms with van der Waals surface area (Å²) in [5.74, 6) is -1.47. The van der Waals surface area contributed by atoms with Gasteiger partial charge in [0.1, 0.15) is 6.61 Å². The number of esters is 2. The molecule has 8 nitrogen and oxygen atoms in total. The monoisotopic (exact) mass is 793 g/mol. The van der Waals surface area contributed by atoms with Gasteiger partial charge in [-0.1, -0.05) is 173 Å². The topological polar surface area (TPSA) is 99.1 Å². The second-order valence-electron chi connectivity index (χ2n) is 17.0. The third kappa shape index (κ3) is 37.4. The molecule has 0 aliphatic carbocycles. The number of carboxylic acids is 1.